The third-order valence-corrected chi connectivity index (χ3v) is 2.93. The molecule has 1 heterocycles. The van der Waals surface area contributed by atoms with Crippen molar-refractivity contribution in [3.63, 3.8) is 0 Å². The van der Waals surface area contributed by atoms with Crippen LogP contribution in [-0.4, -0.2) is 27.3 Å². The first kappa shape index (κ1) is 12.2. The zero-order valence-corrected chi connectivity index (χ0v) is 10.9. The minimum atomic E-state index is 0.641. The largest absolute Gasteiger partial charge is 0.497 e. The highest BCUT2D eigenvalue weighted by atomic mass is 16.5. The lowest BCUT2D eigenvalue weighted by molar-refractivity contribution is 0.414. The fraction of sp³-hybridized carbons (Fsp3) is 0.0714. The van der Waals surface area contributed by atoms with Gasteiger partial charge in [0.25, 0.3) is 0 Å². The molecule has 0 aliphatic rings. The molecule has 3 aromatic rings. The van der Waals surface area contributed by atoms with Gasteiger partial charge in [-0.25, -0.2) is 0 Å². The van der Waals surface area contributed by atoms with Crippen LogP contribution < -0.4 is 10.5 Å². The summed E-state index contributed by atoms with van der Waals surface area (Å²) in [6, 6.07) is 15.0. The van der Waals surface area contributed by atoms with Gasteiger partial charge in [-0.2, -0.15) is 4.68 Å². The van der Waals surface area contributed by atoms with Gasteiger partial charge in [0.2, 0.25) is 0 Å². The van der Waals surface area contributed by atoms with E-state index in [0.29, 0.717) is 11.5 Å². The fourth-order valence-corrected chi connectivity index (χ4v) is 1.94. The Labute approximate surface area is 115 Å². The molecule has 0 unspecified atom stereocenters. The zero-order chi connectivity index (χ0) is 13.9. The molecule has 0 atom stereocenters. The third-order valence-electron chi connectivity index (χ3n) is 2.93. The average Bonchev–Trinajstić information content (AvgIpc) is 2.97. The van der Waals surface area contributed by atoms with E-state index in [-0.39, 0.29) is 0 Å². The van der Waals surface area contributed by atoms with E-state index in [1.165, 1.54) is 0 Å². The maximum Gasteiger partial charge on any atom is 0.187 e. The van der Waals surface area contributed by atoms with E-state index in [1.807, 2.05) is 48.5 Å². The molecule has 0 radical (unpaired) electrons. The molecule has 2 aromatic carbocycles. The first-order chi connectivity index (χ1) is 9.78. The highest BCUT2D eigenvalue weighted by molar-refractivity contribution is 5.62. The molecule has 0 amide bonds. The van der Waals surface area contributed by atoms with Crippen LogP contribution in [0, 0.1) is 0 Å². The predicted molar refractivity (Wildman–Crippen MR) is 75.6 cm³/mol. The molecule has 0 saturated heterocycles. The predicted octanol–water partition coefficient (Wildman–Crippen LogP) is 1.92. The second-order valence-corrected chi connectivity index (χ2v) is 4.24. The molecular weight excluding hydrogens is 254 g/mol. The number of ether oxygens (including phenoxy) is 1. The van der Waals surface area contributed by atoms with Crippen molar-refractivity contribution in [1.82, 2.24) is 20.2 Å². The number of tetrazole rings is 1. The van der Waals surface area contributed by atoms with Crippen molar-refractivity contribution in [1.29, 1.82) is 0 Å². The highest BCUT2D eigenvalue weighted by Crippen LogP contribution is 2.22. The van der Waals surface area contributed by atoms with Crippen molar-refractivity contribution >= 4 is 5.69 Å². The van der Waals surface area contributed by atoms with Crippen LogP contribution in [0.15, 0.2) is 48.5 Å². The molecule has 20 heavy (non-hydrogen) atoms. The van der Waals surface area contributed by atoms with E-state index in [9.17, 15) is 0 Å². The maximum atomic E-state index is 5.80. The number of benzene rings is 2. The van der Waals surface area contributed by atoms with Crippen LogP contribution in [0.25, 0.3) is 17.1 Å². The van der Waals surface area contributed by atoms with Gasteiger partial charge in [-0.1, -0.05) is 12.1 Å². The smallest absolute Gasteiger partial charge is 0.187 e. The van der Waals surface area contributed by atoms with Crippen LogP contribution >= 0.6 is 0 Å². The van der Waals surface area contributed by atoms with E-state index in [4.69, 9.17) is 10.5 Å². The fourth-order valence-electron chi connectivity index (χ4n) is 1.94. The summed E-state index contributed by atoms with van der Waals surface area (Å²) in [5.74, 6) is 1.43. The molecule has 100 valence electrons. The number of methoxy groups -OCH3 is 1. The Morgan fingerprint density at radius 2 is 1.90 bits per heavy atom. The lowest BCUT2D eigenvalue weighted by Crippen LogP contribution is -2.00. The van der Waals surface area contributed by atoms with E-state index in [0.717, 1.165) is 17.0 Å². The quantitative estimate of drug-likeness (QED) is 0.733. The normalized spacial score (nSPS) is 10.4. The van der Waals surface area contributed by atoms with Crippen molar-refractivity contribution in [2.45, 2.75) is 0 Å². The van der Waals surface area contributed by atoms with Gasteiger partial charge >= 0.3 is 0 Å². The summed E-state index contributed by atoms with van der Waals surface area (Å²) in [6.07, 6.45) is 0. The first-order valence-electron chi connectivity index (χ1n) is 6.06. The Morgan fingerprint density at radius 3 is 2.60 bits per heavy atom. The second-order valence-electron chi connectivity index (χ2n) is 4.24. The van der Waals surface area contributed by atoms with E-state index in [2.05, 4.69) is 15.5 Å². The SMILES string of the molecule is COc1ccc(-n2nnnc2-c2cccc(N)c2)cc1. The summed E-state index contributed by atoms with van der Waals surface area (Å²) >= 11 is 0. The Bertz CT molecular complexity index is 720. The van der Waals surface area contributed by atoms with Crippen LogP contribution in [0.3, 0.4) is 0 Å². The minimum absolute atomic E-state index is 0.641. The number of hydrogen-bond donors (Lipinski definition) is 1. The molecule has 0 aliphatic heterocycles. The van der Waals surface area contributed by atoms with Gasteiger partial charge in [-0.3, -0.25) is 0 Å². The summed E-state index contributed by atoms with van der Waals surface area (Å²) in [7, 11) is 1.63. The Kier molecular flexibility index (Phi) is 3.04. The van der Waals surface area contributed by atoms with Crippen molar-refractivity contribution in [2.24, 2.45) is 0 Å². The van der Waals surface area contributed by atoms with Crippen molar-refractivity contribution < 1.29 is 4.74 Å². The van der Waals surface area contributed by atoms with Gasteiger partial charge in [0.1, 0.15) is 5.75 Å². The lowest BCUT2D eigenvalue weighted by atomic mass is 10.2. The van der Waals surface area contributed by atoms with Gasteiger partial charge in [-0.15, -0.1) is 5.10 Å². The molecular formula is C14H13N5O. The second kappa shape index (κ2) is 5.00. The van der Waals surface area contributed by atoms with Crippen LogP contribution in [0.4, 0.5) is 5.69 Å². The number of nitrogens with two attached hydrogens (primary N) is 1. The molecule has 0 bridgehead atoms. The van der Waals surface area contributed by atoms with Gasteiger partial charge in [-0.05, 0) is 46.8 Å². The third kappa shape index (κ3) is 2.18. The molecule has 6 heteroatoms. The van der Waals surface area contributed by atoms with Crippen molar-refractivity contribution in [3.05, 3.63) is 48.5 Å². The number of nitrogen functional groups attached to an aromatic ring is 1. The molecule has 0 aliphatic carbocycles. The molecule has 6 nitrogen and oxygen atoms in total. The van der Waals surface area contributed by atoms with Crippen LogP contribution in [0.5, 0.6) is 5.75 Å². The Hall–Kier alpha value is -2.89. The summed E-state index contributed by atoms with van der Waals surface area (Å²) in [5, 5.41) is 11.8. The van der Waals surface area contributed by atoms with Gasteiger partial charge in [0, 0.05) is 11.3 Å². The monoisotopic (exact) mass is 267 g/mol. The van der Waals surface area contributed by atoms with Crippen LogP contribution in [-0.2, 0) is 0 Å². The standard InChI is InChI=1S/C14H13N5O/c1-20-13-7-5-12(6-8-13)19-14(16-17-18-19)10-3-2-4-11(15)9-10/h2-9H,15H2,1H3. The molecule has 1 aromatic heterocycles. The number of nitrogens with zero attached hydrogens (tertiary/aromatic N) is 4. The van der Waals surface area contributed by atoms with Gasteiger partial charge in [0.15, 0.2) is 5.82 Å². The van der Waals surface area contributed by atoms with Crippen LogP contribution in [0.2, 0.25) is 0 Å². The zero-order valence-electron chi connectivity index (χ0n) is 10.9. The molecule has 0 spiro atoms. The number of hydrogen-bond acceptors (Lipinski definition) is 5. The molecule has 0 saturated carbocycles. The summed E-state index contributed by atoms with van der Waals surface area (Å²) < 4.78 is 6.80. The van der Waals surface area contributed by atoms with Crippen molar-refractivity contribution in [3.8, 4) is 22.8 Å². The molecule has 0 fully saturated rings. The van der Waals surface area contributed by atoms with E-state index < -0.39 is 0 Å². The van der Waals surface area contributed by atoms with E-state index in [1.54, 1.807) is 11.8 Å². The number of rotatable bonds is 3. The maximum absolute atomic E-state index is 5.80. The molecule has 2 N–H and O–H groups in total. The van der Waals surface area contributed by atoms with Gasteiger partial charge < -0.3 is 10.5 Å². The van der Waals surface area contributed by atoms with Gasteiger partial charge in [0.05, 0.1) is 12.8 Å². The van der Waals surface area contributed by atoms with Crippen molar-refractivity contribution in [2.75, 3.05) is 12.8 Å². The molecule has 3 rings (SSSR count). The minimum Gasteiger partial charge on any atom is -0.497 e. The summed E-state index contributed by atoms with van der Waals surface area (Å²) in [5.41, 5.74) is 8.19. The summed E-state index contributed by atoms with van der Waals surface area (Å²) in [4.78, 5) is 0. The topological polar surface area (TPSA) is 78.8 Å². The highest BCUT2D eigenvalue weighted by Gasteiger charge is 2.10. The lowest BCUT2D eigenvalue weighted by Gasteiger charge is -2.06. The number of aromatic nitrogens is 4. The average molecular weight is 267 g/mol. The van der Waals surface area contributed by atoms with Crippen LogP contribution in [0.1, 0.15) is 0 Å². The Morgan fingerprint density at radius 1 is 1.10 bits per heavy atom. The van der Waals surface area contributed by atoms with E-state index >= 15 is 0 Å². The summed E-state index contributed by atoms with van der Waals surface area (Å²) in [6.45, 7) is 0. The first-order valence-corrected chi connectivity index (χ1v) is 6.06. The Balaban J connectivity index is 2.05. The number of anilines is 1.